The fourth-order valence-electron chi connectivity index (χ4n) is 3.18. The molecule has 1 aromatic heterocycles. The fraction of sp³-hybridized carbons (Fsp3) is 0.526. The van der Waals surface area contributed by atoms with Gasteiger partial charge >= 0.3 is 0 Å². The smallest absolute Gasteiger partial charge is 0.238 e. The largest absolute Gasteiger partial charge is 0.444 e. The number of hydrogen-bond donors (Lipinski definition) is 4. The van der Waals surface area contributed by atoms with Gasteiger partial charge in [-0.3, -0.25) is 4.79 Å². The summed E-state index contributed by atoms with van der Waals surface area (Å²) < 4.78 is 11.4. The highest BCUT2D eigenvalue weighted by atomic mass is 16.7. The summed E-state index contributed by atoms with van der Waals surface area (Å²) in [4.78, 5) is 20.5. The van der Waals surface area contributed by atoms with Crippen molar-refractivity contribution in [3.63, 3.8) is 0 Å². The number of carbonyl (C=O) groups is 1. The molecule has 0 aliphatic carbocycles. The van der Waals surface area contributed by atoms with Crippen molar-refractivity contribution in [1.82, 2.24) is 15.3 Å². The van der Waals surface area contributed by atoms with Gasteiger partial charge in [-0.05, 0) is 44.0 Å². The molecule has 0 saturated carbocycles. The number of rotatable bonds is 4. The molecule has 2 aromatic rings. The summed E-state index contributed by atoms with van der Waals surface area (Å²) in [6, 6.07) is 2.78. The van der Waals surface area contributed by atoms with Crippen LogP contribution in [0.2, 0.25) is 0 Å². The molecule has 1 aliphatic heterocycles. The first kappa shape index (κ1) is 20.4. The number of fused-ring (bicyclic) bond motifs is 1. The minimum absolute atomic E-state index is 0.177. The minimum Gasteiger partial charge on any atom is -0.444 e. The molecule has 1 aromatic carbocycles. The minimum atomic E-state index is -1.39. The van der Waals surface area contributed by atoms with Crippen LogP contribution in [-0.4, -0.2) is 68.4 Å². The standard InChI is InChI=1S/C19H25N3O6/c1-8-5-12-13(6-9(8)2)22-18(10(3)20-12)28-19-15(21-11(4)24)17(26)16(25)14(7-23)27-19/h5-6,14-17,19,23,25-26H,7H2,1-4H3,(H,21,24)/t14-,15-,16-,17-,19+/m1/s1. The van der Waals surface area contributed by atoms with Crippen molar-refractivity contribution in [2.75, 3.05) is 6.61 Å². The van der Waals surface area contributed by atoms with E-state index in [1.807, 2.05) is 26.0 Å². The molecule has 0 unspecified atom stereocenters. The molecule has 1 aliphatic rings. The van der Waals surface area contributed by atoms with Crippen LogP contribution in [0.15, 0.2) is 12.1 Å². The first-order valence-corrected chi connectivity index (χ1v) is 9.03. The molecule has 9 nitrogen and oxygen atoms in total. The highest BCUT2D eigenvalue weighted by Gasteiger charge is 2.46. The van der Waals surface area contributed by atoms with Crippen LogP contribution in [0.3, 0.4) is 0 Å². The normalized spacial score (nSPS) is 27.6. The summed E-state index contributed by atoms with van der Waals surface area (Å²) in [6.07, 6.45) is -5.01. The van der Waals surface area contributed by atoms with E-state index < -0.39 is 43.2 Å². The first-order valence-electron chi connectivity index (χ1n) is 9.03. The molecule has 0 spiro atoms. The van der Waals surface area contributed by atoms with E-state index in [1.165, 1.54) is 6.92 Å². The van der Waals surface area contributed by atoms with Crippen LogP contribution in [0.25, 0.3) is 11.0 Å². The highest BCUT2D eigenvalue weighted by molar-refractivity contribution is 5.77. The lowest BCUT2D eigenvalue weighted by Gasteiger charge is -2.41. The zero-order chi connectivity index (χ0) is 20.6. The van der Waals surface area contributed by atoms with E-state index in [0.717, 1.165) is 16.6 Å². The number of aryl methyl sites for hydroxylation is 3. The summed E-state index contributed by atoms with van der Waals surface area (Å²) in [5, 5.41) is 32.4. The second-order valence-corrected chi connectivity index (χ2v) is 7.09. The molecule has 2 heterocycles. The Morgan fingerprint density at radius 1 is 1.14 bits per heavy atom. The maximum Gasteiger partial charge on any atom is 0.238 e. The second kappa shape index (κ2) is 7.96. The third kappa shape index (κ3) is 3.93. The molecule has 5 atom stereocenters. The van der Waals surface area contributed by atoms with Crippen molar-refractivity contribution in [1.29, 1.82) is 0 Å². The third-order valence-electron chi connectivity index (χ3n) is 4.89. The molecule has 0 radical (unpaired) electrons. The van der Waals surface area contributed by atoms with Gasteiger partial charge in [-0.2, -0.15) is 0 Å². The van der Waals surface area contributed by atoms with E-state index in [0.29, 0.717) is 11.2 Å². The molecule has 3 rings (SSSR count). The number of hydrogen-bond acceptors (Lipinski definition) is 8. The summed E-state index contributed by atoms with van der Waals surface area (Å²) in [7, 11) is 0. The third-order valence-corrected chi connectivity index (χ3v) is 4.89. The molecule has 1 fully saturated rings. The zero-order valence-corrected chi connectivity index (χ0v) is 16.2. The Morgan fingerprint density at radius 2 is 1.75 bits per heavy atom. The maximum atomic E-state index is 11.5. The number of nitrogens with one attached hydrogen (secondary N) is 1. The van der Waals surface area contributed by atoms with E-state index in [9.17, 15) is 20.1 Å². The highest BCUT2D eigenvalue weighted by Crippen LogP contribution is 2.27. The van der Waals surface area contributed by atoms with E-state index >= 15 is 0 Å². The predicted molar refractivity (Wildman–Crippen MR) is 99.7 cm³/mol. The molecule has 9 heteroatoms. The lowest BCUT2D eigenvalue weighted by Crippen LogP contribution is -2.65. The van der Waals surface area contributed by atoms with E-state index in [1.54, 1.807) is 6.92 Å². The Labute approximate surface area is 162 Å². The first-order chi connectivity index (χ1) is 13.2. The van der Waals surface area contributed by atoms with Crippen LogP contribution < -0.4 is 10.1 Å². The van der Waals surface area contributed by atoms with E-state index in [2.05, 4.69) is 15.3 Å². The number of amides is 1. The van der Waals surface area contributed by atoms with Gasteiger partial charge in [-0.1, -0.05) is 0 Å². The summed E-state index contributed by atoms with van der Waals surface area (Å²) in [5.74, 6) is -0.250. The van der Waals surface area contributed by atoms with Crippen molar-refractivity contribution >= 4 is 16.9 Å². The molecule has 0 bridgehead atoms. The van der Waals surface area contributed by atoms with Gasteiger partial charge in [-0.25, -0.2) is 9.97 Å². The number of ether oxygens (including phenoxy) is 2. The quantitative estimate of drug-likeness (QED) is 0.567. The number of aromatic nitrogens is 2. The van der Waals surface area contributed by atoms with Crippen LogP contribution in [0.4, 0.5) is 0 Å². The van der Waals surface area contributed by atoms with Crippen molar-refractivity contribution in [3.8, 4) is 5.88 Å². The Balaban J connectivity index is 1.95. The molecular formula is C19H25N3O6. The molecular weight excluding hydrogens is 366 g/mol. The monoisotopic (exact) mass is 391 g/mol. The number of carbonyl (C=O) groups excluding carboxylic acids is 1. The Morgan fingerprint density at radius 3 is 2.32 bits per heavy atom. The summed E-state index contributed by atoms with van der Waals surface area (Å²) in [5.41, 5.74) is 4.01. The van der Waals surface area contributed by atoms with Crippen molar-refractivity contribution in [2.45, 2.75) is 58.3 Å². The Bertz CT molecular complexity index is 890. The predicted octanol–water partition coefficient (Wildman–Crippen LogP) is -0.122. The lowest BCUT2D eigenvalue weighted by molar-refractivity contribution is -0.245. The summed E-state index contributed by atoms with van der Waals surface area (Å²) in [6.45, 7) is 6.44. The van der Waals surface area contributed by atoms with Crippen LogP contribution >= 0.6 is 0 Å². The van der Waals surface area contributed by atoms with Crippen LogP contribution in [0, 0.1) is 20.8 Å². The Hall–Kier alpha value is -2.33. The van der Waals surface area contributed by atoms with Crippen LogP contribution in [0.5, 0.6) is 5.88 Å². The topological polar surface area (TPSA) is 134 Å². The summed E-state index contributed by atoms with van der Waals surface area (Å²) >= 11 is 0. The molecule has 152 valence electrons. The van der Waals surface area contributed by atoms with E-state index in [4.69, 9.17) is 9.47 Å². The molecule has 1 saturated heterocycles. The molecule has 1 amide bonds. The van der Waals surface area contributed by atoms with Gasteiger partial charge in [0.05, 0.1) is 17.6 Å². The van der Waals surface area contributed by atoms with Crippen molar-refractivity contribution in [2.24, 2.45) is 0 Å². The van der Waals surface area contributed by atoms with Gasteiger partial charge in [-0.15, -0.1) is 0 Å². The van der Waals surface area contributed by atoms with Crippen molar-refractivity contribution < 1.29 is 29.6 Å². The number of benzene rings is 1. The Kier molecular flexibility index (Phi) is 5.80. The zero-order valence-electron chi connectivity index (χ0n) is 16.2. The van der Waals surface area contributed by atoms with Gasteiger partial charge in [0.25, 0.3) is 0 Å². The van der Waals surface area contributed by atoms with Gasteiger partial charge < -0.3 is 30.1 Å². The van der Waals surface area contributed by atoms with E-state index in [-0.39, 0.29) is 5.88 Å². The SMILES string of the molecule is CC(=O)N[C@H]1[C@H](Oc2nc3cc(C)c(C)cc3nc2C)O[C@H](CO)[C@@H](O)[C@@H]1O. The lowest BCUT2D eigenvalue weighted by atomic mass is 9.97. The fourth-order valence-corrected chi connectivity index (χ4v) is 3.18. The van der Waals surface area contributed by atoms with Crippen LogP contribution in [-0.2, 0) is 9.53 Å². The maximum absolute atomic E-state index is 11.5. The van der Waals surface area contributed by atoms with Crippen molar-refractivity contribution in [3.05, 3.63) is 29.0 Å². The number of aliphatic hydroxyl groups is 3. The second-order valence-electron chi connectivity index (χ2n) is 7.09. The average molecular weight is 391 g/mol. The van der Waals surface area contributed by atoms with Gasteiger partial charge in [0.1, 0.15) is 30.0 Å². The van der Waals surface area contributed by atoms with Gasteiger partial charge in [0, 0.05) is 6.92 Å². The molecule has 28 heavy (non-hydrogen) atoms. The number of nitrogens with zero attached hydrogens (tertiary/aromatic N) is 2. The van der Waals surface area contributed by atoms with Gasteiger partial charge in [0.2, 0.25) is 18.1 Å². The molecule has 4 N–H and O–H groups in total. The number of aliphatic hydroxyl groups excluding tert-OH is 3. The van der Waals surface area contributed by atoms with Crippen LogP contribution in [0.1, 0.15) is 23.7 Å². The average Bonchev–Trinajstić information content (AvgIpc) is 2.63. The van der Waals surface area contributed by atoms with Gasteiger partial charge in [0.15, 0.2) is 0 Å².